The molecule has 1 N–H and O–H groups in total. The molecule has 1 atom stereocenters. The standard InChI is InChI=1S/C29H26BrFN6O3S/c1-36-26(16-32-28(39)22-5-3-4-6-25(22)40-2)33-34-29(36)41-17-27(38)37-24(19-9-13-21(31)14-10-19)15-23(35-37)18-7-11-20(30)12-8-18/h3-14,24H,15-17H2,1-2H3,(H,32,39). The number of benzene rings is 3. The molecule has 4 aromatic rings. The second-order valence-electron chi connectivity index (χ2n) is 9.19. The predicted octanol–water partition coefficient (Wildman–Crippen LogP) is 5.13. The van der Waals surface area contributed by atoms with Gasteiger partial charge in [-0.2, -0.15) is 5.10 Å². The molecule has 0 bridgehead atoms. The predicted molar refractivity (Wildman–Crippen MR) is 157 cm³/mol. The monoisotopic (exact) mass is 636 g/mol. The summed E-state index contributed by atoms with van der Waals surface area (Å²) in [6, 6.07) is 20.5. The van der Waals surface area contributed by atoms with Crippen LogP contribution in [0.15, 0.2) is 87.5 Å². The third-order valence-corrected chi connectivity index (χ3v) is 8.14. The van der Waals surface area contributed by atoms with Gasteiger partial charge in [-0.3, -0.25) is 9.59 Å². The number of rotatable bonds is 9. The molecule has 41 heavy (non-hydrogen) atoms. The molecule has 3 aromatic carbocycles. The lowest BCUT2D eigenvalue weighted by atomic mass is 9.98. The highest BCUT2D eigenvalue weighted by atomic mass is 79.9. The fraction of sp³-hybridized carbons (Fsp3) is 0.207. The maximum atomic E-state index is 13.6. The highest BCUT2D eigenvalue weighted by molar-refractivity contribution is 9.10. The van der Waals surface area contributed by atoms with Gasteiger partial charge in [-0.05, 0) is 47.5 Å². The zero-order valence-corrected chi connectivity index (χ0v) is 24.7. The molecular weight excluding hydrogens is 611 g/mol. The maximum absolute atomic E-state index is 13.6. The second kappa shape index (κ2) is 12.6. The first-order valence-corrected chi connectivity index (χ1v) is 14.4. The van der Waals surface area contributed by atoms with Gasteiger partial charge in [0.1, 0.15) is 11.6 Å². The number of nitrogens with one attached hydrogen (secondary N) is 1. The van der Waals surface area contributed by atoms with Crippen LogP contribution >= 0.6 is 27.7 Å². The van der Waals surface area contributed by atoms with Crippen LogP contribution in [0.5, 0.6) is 5.75 Å². The number of hydrogen-bond donors (Lipinski definition) is 1. The number of methoxy groups -OCH3 is 1. The van der Waals surface area contributed by atoms with Crippen molar-refractivity contribution in [2.45, 2.75) is 24.2 Å². The Morgan fingerprint density at radius 1 is 1.07 bits per heavy atom. The lowest BCUT2D eigenvalue weighted by Gasteiger charge is -2.22. The number of amides is 2. The summed E-state index contributed by atoms with van der Waals surface area (Å²) in [6.07, 6.45) is 0.504. The van der Waals surface area contributed by atoms with E-state index in [4.69, 9.17) is 4.74 Å². The van der Waals surface area contributed by atoms with Crippen LogP contribution < -0.4 is 10.1 Å². The van der Waals surface area contributed by atoms with Gasteiger partial charge in [-0.15, -0.1) is 10.2 Å². The highest BCUT2D eigenvalue weighted by Gasteiger charge is 2.33. The summed E-state index contributed by atoms with van der Waals surface area (Å²) in [7, 11) is 3.29. The van der Waals surface area contributed by atoms with Crippen LogP contribution in [0.4, 0.5) is 4.39 Å². The van der Waals surface area contributed by atoms with Gasteiger partial charge < -0.3 is 14.6 Å². The van der Waals surface area contributed by atoms with Gasteiger partial charge in [0.2, 0.25) is 0 Å². The van der Waals surface area contributed by atoms with Crippen molar-refractivity contribution in [2.24, 2.45) is 12.1 Å². The third-order valence-electron chi connectivity index (χ3n) is 6.61. The molecule has 0 saturated carbocycles. The van der Waals surface area contributed by atoms with Gasteiger partial charge in [0.25, 0.3) is 11.8 Å². The average molecular weight is 638 g/mol. The number of hydrogen-bond acceptors (Lipinski definition) is 7. The van der Waals surface area contributed by atoms with Crippen LogP contribution in [0.3, 0.4) is 0 Å². The summed E-state index contributed by atoms with van der Waals surface area (Å²) < 4.78 is 21.6. The minimum atomic E-state index is -0.359. The van der Waals surface area contributed by atoms with Crippen LogP contribution in [0.2, 0.25) is 0 Å². The molecule has 210 valence electrons. The van der Waals surface area contributed by atoms with E-state index in [0.717, 1.165) is 21.3 Å². The second-order valence-corrected chi connectivity index (χ2v) is 11.1. The number of nitrogens with zero attached hydrogens (tertiary/aromatic N) is 5. The molecule has 0 spiro atoms. The van der Waals surface area contributed by atoms with Crippen LogP contribution in [-0.2, 0) is 18.4 Å². The Bertz CT molecular complexity index is 1590. The molecule has 12 heteroatoms. The van der Waals surface area contributed by atoms with Crippen LogP contribution in [-0.4, -0.2) is 50.2 Å². The van der Waals surface area contributed by atoms with Crippen molar-refractivity contribution in [2.75, 3.05) is 12.9 Å². The van der Waals surface area contributed by atoms with Crippen molar-refractivity contribution in [3.05, 3.63) is 106 Å². The van der Waals surface area contributed by atoms with E-state index in [1.807, 2.05) is 24.3 Å². The fourth-order valence-electron chi connectivity index (χ4n) is 4.41. The van der Waals surface area contributed by atoms with E-state index in [1.54, 1.807) is 48.0 Å². The van der Waals surface area contributed by atoms with Gasteiger partial charge in [-0.1, -0.05) is 64.1 Å². The number of thioether (sulfide) groups is 1. The summed E-state index contributed by atoms with van der Waals surface area (Å²) in [4.78, 5) is 26.1. The quantitative estimate of drug-likeness (QED) is 0.256. The summed E-state index contributed by atoms with van der Waals surface area (Å²) in [5, 5.41) is 17.9. The van der Waals surface area contributed by atoms with Crippen molar-refractivity contribution in [1.82, 2.24) is 25.1 Å². The Morgan fingerprint density at radius 3 is 2.54 bits per heavy atom. The van der Waals surface area contributed by atoms with Gasteiger partial charge in [0.15, 0.2) is 11.0 Å². The number of para-hydroxylation sites is 1. The van der Waals surface area contributed by atoms with Crippen molar-refractivity contribution in [3.8, 4) is 5.75 Å². The van der Waals surface area contributed by atoms with Gasteiger partial charge in [-0.25, -0.2) is 9.40 Å². The van der Waals surface area contributed by atoms with E-state index in [9.17, 15) is 14.0 Å². The third kappa shape index (κ3) is 6.49. The van der Waals surface area contributed by atoms with Crippen molar-refractivity contribution < 1.29 is 18.7 Å². The molecule has 0 aliphatic carbocycles. The lowest BCUT2D eigenvalue weighted by molar-refractivity contribution is -0.130. The molecule has 0 saturated heterocycles. The van der Waals surface area contributed by atoms with E-state index in [-0.39, 0.29) is 36.0 Å². The van der Waals surface area contributed by atoms with E-state index < -0.39 is 0 Å². The first kappa shape index (κ1) is 28.5. The minimum absolute atomic E-state index is 0.0638. The molecule has 0 radical (unpaired) electrons. The maximum Gasteiger partial charge on any atom is 0.255 e. The number of hydrazone groups is 1. The Balaban J connectivity index is 1.27. The Labute approximate surface area is 248 Å². The normalized spacial score (nSPS) is 14.6. The summed E-state index contributed by atoms with van der Waals surface area (Å²) in [6.45, 7) is 0.147. The van der Waals surface area contributed by atoms with Crippen molar-refractivity contribution >= 4 is 45.2 Å². The number of aromatic nitrogens is 3. The molecule has 2 heterocycles. The van der Waals surface area contributed by atoms with Gasteiger partial charge in [0, 0.05) is 17.9 Å². The number of ether oxygens (including phenoxy) is 1. The molecule has 0 fully saturated rings. The Kier molecular flexibility index (Phi) is 8.79. The van der Waals surface area contributed by atoms with E-state index in [2.05, 4.69) is 36.5 Å². The lowest BCUT2D eigenvalue weighted by Crippen LogP contribution is -2.28. The zero-order chi connectivity index (χ0) is 28.9. The van der Waals surface area contributed by atoms with E-state index in [0.29, 0.717) is 28.7 Å². The summed E-state index contributed by atoms with van der Waals surface area (Å²) in [5.74, 6) is 0.217. The first-order valence-electron chi connectivity index (χ1n) is 12.7. The van der Waals surface area contributed by atoms with Gasteiger partial charge in [0.05, 0.1) is 36.7 Å². The summed E-state index contributed by atoms with van der Waals surface area (Å²) >= 11 is 4.67. The SMILES string of the molecule is COc1ccccc1C(=O)NCc1nnc(SCC(=O)N2N=C(c3ccc(Br)cc3)CC2c2ccc(F)cc2)n1C. The zero-order valence-electron chi connectivity index (χ0n) is 22.3. The number of carbonyl (C=O) groups excluding carboxylic acids is 2. The van der Waals surface area contributed by atoms with Crippen LogP contribution in [0, 0.1) is 5.82 Å². The fourth-order valence-corrected chi connectivity index (χ4v) is 5.45. The average Bonchev–Trinajstić information content (AvgIpc) is 3.59. The van der Waals surface area contributed by atoms with E-state index >= 15 is 0 Å². The molecular formula is C29H26BrFN6O3S. The smallest absolute Gasteiger partial charge is 0.255 e. The molecule has 1 unspecified atom stereocenters. The minimum Gasteiger partial charge on any atom is -0.496 e. The number of carbonyl (C=O) groups is 2. The molecule has 1 aromatic heterocycles. The largest absolute Gasteiger partial charge is 0.496 e. The van der Waals surface area contributed by atoms with Crippen molar-refractivity contribution in [3.63, 3.8) is 0 Å². The molecule has 9 nitrogen and oxygen atoms in total. The first-order chi connectivity index (χ1) is 19.8. The van der Waals surface area contributed by atoms with Crippen LogP contribution in [0.1, 0.15) is 39.8 Å². The number of halogens is 2. The topological polar surface area (TPSA) is 102 Å². The van der Waals surface area contributed by atoms with Crippen LogP contribution in [0.25, 0.3) is 0 Å². The van der Waals surface area contributed by atoms with E-state index in [1.165, 1.54) is 36.0 Å². The molecule has 1 aliphatic heterocycles. The molecule has 2 amide bonds. The molecule has 1 aliphatic rings. The highest BCUT2D eigenvalue weighted by Crippen LogP contribution is 2.34. The summed E-state index contributed by atoms with van der Waals surface area (Å²) in [5.41, 5.74) is 2.90. The Hall–Kier alpha value is -4.03. The van der Waals surface area contributed by atoms with Gasteiger partial charge >= 0.3 is 0 Å². The Morgan fingerprint density at radius 2 is 1.80 bits per heavy atom. The van der Waals surface area contributed by atoms with Crippen molar-refractivity contribution in [1.29, 1.82) is 0 Å². The molecule has 5 rings (SSSR count).